The highest BCUT2D eigenvalue weighted by molar-refractivity contribution is 6.20. The van der Waals surface area contributed by atoms with Crippen molar-refractivity contribution in [3.63, 3.8) is 0 Å². The molecule has 0 N–H and O–H groups in total. The molecule has 2 nitrogen and oxygen atoms in total. The molecular formula is C14H17ClN2. The number of likely N-dealkylation sites (tertiary alicyclic amines) is 1. The van der Waals surface area contributed by atoms with Gasteiger partial charge in [-0.05, 0) is 43.5 Å². The largest absolute Gasteiger partial charge is 0.302 e. The normalized spacial score (nSPS) is 21.1. The van der Waals surface area contributed by atoms with E-state index in [-0.39, 0.29) is 0 Å². The monoisotopic (exact) mass is 248 g/mol. The van der Waals surface area contributed by atoms with E-state index in [2.05, 4.69) is 11.0 Å². The summed E-state index contributed by atoms with van der Waals surface area (Å²) in [5, 5.41) is 9.04. The van der Waals surface area contributed by atoms with Gasteiger partial charge in [0.05, 0.1) is 11.6 Å². The van der Waals surface area contributed by atoms with Gasteiger partial charge in [-0.15, -0.1) is 11.6 Å². The van der Waals surface area contributed by atoms with Crippen LogP contribution in [0.2, 0.25) is 0 Å². The van der Waals surface area contributed by atoms with Crippen molar-refractivity contribution in [3.8, 4) is 6.07 Å². The lowest BCUT2D eigenvalue weighted by Gasteiger charge is -2.29. The number of rotatable bonds is 3. The Kier molecular flexibility index (Phi) is 4.42. The maximum absolute atomic E-state index is 8.72. The van der Waals surface area contributed by atoms with Gasteiger partial charge in [0, 0.05) is 18.5 Å². The minimum absolute atomic E-state index is 0.324. The van der Waals surface area contributed by atoms with E-state index >= 15 is 0 Å². The Morgan fingerprint density at radius 2 is 2.12 bits per heavy atom. The first kappa shape index (κ1) is 12.4. The van der Waals surface area contributed by atoms with Gasteiger partial charge < -0.3 is 4.90 Å². The average Bonchev–Trinajstić information content (AvgIpc) is 2.37. The van der Waals surface area contributed by atoms with E-state index in [0.29, 0.717) is 5.38 Å². The van der Waals surface area contributed by atoms with Crippen LogP contribution in [0.3, 0.4) is 0 Å². The van der Waals surface area contributed by atoms with Crippen LogP contribution in [0.5, 0.6) is 0 Å². The number of benzene rings is 1. The van der Waals surface area contributed by atoms with Crippen molar-refractivity contribution in [1.29, 1.82) is 5.26 Å². The number of nitriles is 1. The Labute approximate surface area is 108 Å². The molecule has 1 heterocycles. The summed E-state index contributed by atoms with van der Waals surface area (Å²) in [6.07, 6.45) is 3.39. The molecule has 1 fully saturated rings. The number of piperidine rings is 1. The third-order valence-corrected chi connectivity index (χ3v) is 3.60. The molecule has 0 aromatic heterocycles. The van der Waals surface area contributed by atoms with Crippen LogP contribution in [0.25, 0.3) is 0 Å². The van der Waals surface area contributed by atoms with Gasteiger partial charge >= 0.3 is 0 Å². The summed E-state index contributed by atoms with van der Waals surface area (Å²) < 4.78 is 0. The lowest BCUT2D eigenvalue weighted by atomic mass is 10.1. The zero-order valence-electron chi connectivity index (χ0n) is 9.90. The molecule has 0 bridgehead atoms. The molecule has 0 spiro atoms. The fourth-order valence-electron chi connectivity index (χ4n) is 2.24. The predicted octanol–water partition coefficient (Wildman–Crippen LogP) is 2.80. The second-order valence-electron chi connectivity index (χ2n) is 4.60. The Morgan fingerprint density at radius 3 is 2.76 bits per heavy atom. The van der Waals surface area contributed by atoms with Gasteiger partial charge in [-0.1, -0.05) is 12.1 Å². The van der Waals surface area contributed by atoms with Crippen LogP contribution < -0.4 is 0 Å². The van der Waals surface area contributed by atoms with Crippen molar-refractivity contribution in [3.05, 3.63) is 35.4 Å². The van der Waals surface area contributed by atoms with E-state index in [1.807, 2.05) is 24.3 Å². The molecule has 1 saturated heterocycles. The summed E-state index contributed by atoms with van der Waals surface area (Å²) in [7, 11) is 0. The summed E-state index contributed by atoms with van der Waals surface area (Å²) in [5.41, 5.74) is 2.02. The molecule has 0 saturated carbocycles. The lowest BCUT2D eigenvalue weighted by molar-refractivity contribution is 0.235. The Balaban J connectivity index is 1.83. The molecule has 90 valence electrons. The first-order chi connectivity index (χ1) is 8.28. The lowest BCUT2D eigenvalue weighted by Crippen LogP contribution is -2.37. The summed E-state index contributed by atoms with van der Waals surface area (Å²) >= 11 is 6.15. The standard InChI is InChI=1S/C14H17ClN2/c15-14-2-1-8-17(11-14)9-7-12-3-5-13(10-16)6-4-12/h3-6,14H,1-2,7-9,11H2/t14-/m0/s1. The van der Waals surface area contributed by atoms with Crippen LogP contribution >= 0.6 is 11.6 Å². The highest BCUT2D eigenvalue weighted by atomic mass is 35.5. The van der Waals surface area contributed by atoms with E-state index in [0.717, 1.165) is 31.5 Å². The fourth-order valence-corrected chi connectivity index (χ4v) is 2.58. The molecule has 3 heteroatoms. The Morgan fingerprint density at radius 1 is 1.35 bits per heavy atom. The molecule has 0 unspecified atom stereocenters. The molecule has 2 rings (SSSR count). The number of halogens is 1. The SMILES string of the molecule is N#Cc1ccc(CCN2CCC[C@H](Cl)C2)cc1. The number of hydrogen-bond acceptors (Lipinski definition) is 2. The van der Waals surface area contributed by atoms with E-state index in [4.69, 9.17) is 16.9 Å². The third-order valence-electron chi connectivity index (χ3n) is 3.25. The highest BCUT2D eigenvalue weighted by Crippen LogP contribution is 2.15. The van der Waals surface area contributed by atoms with Crippen LogP contribution in [-0.4, -0.2) is 29.9 Å². The molecule has 1 atom stereocenters. The zero-order valence-corrected chi connectivity index (χ0v) is 10.7. The summed E-state index contributed by atoms with van der Waals surface area (Å²) in [5.74, 6) is 0. The van der Waals surface area contributed by atoms with Gasteiger partial charge in [-0.2, -0.15) is 5.26 Å². The van der Waals surface area contributed by atoms with E-state index in [1.54, 1.807) is 0 Å². The molecule has 1 aliphatic rings. The topological polar surface area (TPSA) is 27.0 Å². The number of alkyl halides is 1. The van der Waals surface area contributed by atoms with Crippen molar-refractivity contribution in [2.45, 2.75) is 24.6 Å². The second-order valence-corrected chi connectivity index (χ2v) is 5.22. The van der Waals surface area contributed by atoms with Crippen LogP contribution in [0.15, 0.2) is 24.3 Å². The molecule has 17 heavy (non-hydrogen) atoms. The molecule has 1 aromatic rings. The van der Waals surface area contributed by atoms with E-state index in [1.165, 1.54) is 18.5 Å². The third kappa shape index (κ3) is 3.73. The quantitative estimate of drug-likeness (QED) is 0.770. The fraction of sp³-hybridized carbons (Fsp3) is 0.500. The van der Waals surface area contributed by atoms with E-state index in [9.17, 15) is 0 Å². The molecule has 0 aliphatic carbocycles. The van der Waals surface area contributed by atoms with Gasteiger partial charge in [0.25, 0.3) is 0 Å². The molecule has 1 aromatic carbocycles. The van der Waals surface area contributed by atoms with Crippen molar-refractivity contribution in [2.75, 3.05) is 19.6 Å². The molecule has 0 radical (unpaired) electrons. The van der Waals surface area contributed by atoms with Crippen LogP contribution in [0.4, 0.5) is 0 Å². The zero-order chi connectivity index (χ0) is 12.1. The smallest absolute Gasteiger partial charge is 0.0991 e. The summed E-state index contributed by atoms with van der Waals surface area (Å²) in [6, 6.07) is 9.99. The van der Waals surface area contributed by atoms with Crippen LogP contribution in [0.1, 0.15) is 24.0 Å². The highest BCUT2D eigenvalue weighted by Gasteiger charge is 2.16. The number of nitrogens with zero attached hydrogens (tertiary/aromatic N) is 2. The predicted molar refractivity (Wildman–Crippen MR) is 70.2 cm³/mol. The van der Waals surface area contributed by atoms with Gasteiger partial charge in [-0.3, -0.25) is 0 Å². The first-order valence-corrected chi connectivity index (χ1v) is 6.57. The van der Waals surface area contributed by atoms with Gasteiger partial charge in [0.15, 0.2) is 0 Å². The van der Waals surface area contributed by atoms with Crippen molar-refractivity contribution in [1.82, 2.24) is 4.90 Å². The van der Waals surface area contributed by atoms with E-state index < -0.39 is 0 Å². The second kappa shape index (κ2) is 6.05. The number of hydrogen-bond donors (Lipinski definition) is 0. The van der Waals surface area contributed by atoms with Gasteiger partial charge in [-0.25, -0.2) is 0 Å². The van der Waals surface area contributed by atoms with Gasteiger partial charge in [0.1, 0.15) is 0 Å². The van der Waals surface area contributed by atoms with Crippen molar-refractivity contribution >= 4 is 11.6 Å². The molecular weight excluding hydrogens is 232 g/mol. The minimum atomic E-state index is 0.324. The maximum Gasteiger partial charge on any atom is 0.0991 e. The first-order valence-electron chi connectivity index (χ1n) is 6.13. The van der Waals surface area contributed by atoms with Crippen molar-refractivity contribution in [2.24, 2.45) is 0 Å². The Hall–Kier alpha value is -1.04. The minimum Gasteiger partial charge on any atom is -0.302 e. The molecule has 0 amide bonds. The van der Waals surface area contributed by atoms with Crippen molar-refractivity contribution < 1.29 is 0 Å². The average molecular weight is 249 g/mol. The van der Waals surface area contributed by atoms with Crippen LogP contribution in [-0.2, 0) is 6.42 Å². The van der Waals surface area contributed by atoms with Gasteiger partial charge in [0.2, 0.25) is 0 Å². The summed E-state index contributed by atoms with van der Waals surface area (Å²) in [4.78, 5) is 2.43. The molecule has 1 aliphatic heterocycles. The van der Waals surface area contributed by atoms with Crippen LogP contribution in [0, 0.1) is 11.3 Å². The Bertz CT molecular complexity index is 394. The maximum atomic E-state index is 8.72. The summed E-state index contributed by atoms with van der Waals surface area (Å²) in [6.45, 7) is 3.24.